The van der Waals surface area contributed by atoms with Crippen molar-refractivity contribution >= 4 is 5.97 Å². The first-order valence-electron chi connectivity index (χ1n) is 12.6. The number of halogens is 1. The van der Waals surface area contributed by atoms with E-state index < -0.39 is 5.82 Å². The molecule has 1 fully saturated rings. The number of carbonyl (C=O) groups is 1. The largest absolute Gasteiger partial charge is 0.497 e. The Labute approximate surface area is 217 Å². The molecule has 0 saturated heterocycles. The molecule has 3 aromatic rings. The molecule has 0 N–H and O–H groups in total. The fourth-order valence-electron chi connectivity index (χ4n) is 4.27. The summed E-state index contributed by atoms with van der Waals surface area (Å²) in [7, 11) is 2.96. The van der Waals surface area contributed by atoms with Gasteiger partial charge in [0.05, 0.1) is 27.2 Å². The van der Waals surface area contributed by atoms with E-state index >= 15 is 0 Å². The number of esters is 1. The summed E-state index contributed by atoms with van der Waals surface area (Å²) in [6.07, 6.45) is 4.29. The highest BCUT2D eigenvalue weighted by atomic mass is 19.1. The van der Waals surface area contributed by atoms with Crippen molar-refractivity contribution in [2.24, 2.45) is 11.8 Å². The van der Waals surface area contributed by atoms with Crippen LogP contribution < -0.4 is 14.2 Å². The number of nitrogens with zero attached hydrogens (tertiary/aromatic N) is 1. The van der Waals surface area contributed by atoms with Crippen LogP contribution in [0.3, 0.4) is 0 Å². The van der Waals surface area contributed by atoms with Gasteiger partial charge >= 0.3 is 5.97 Å². The third kappa shape index (κ3) is 7.00. The van der Waals surface area contributed by atoms with Crippen LogP contribution in [0, 0.1) is 17.7 Å². The van der Waals surface area contributed by atoms with Gasteiger partial charge in [-0.3, -0.25) is 9.78 Å². The minimum absolute atomic E-state index is 0.130. The Morgan fingerprint density at radius 2 is 1.86 bits per heavy atom. The van der Waals surface area contributed by atoms with Crippen LogP contribution in [0.4, 0.5) is 4.39 Å². The molecular weight excluding hydrogens is 473 g/mol. The zero-order chi connectivity index (χ0) is 26.4. The maximum absolute atomic E-state index is 14.7. The van der Waals surface area contributed by atoms with E-state index in [2.05, 4.69) is 4.98 Å². The van der Waals surface area contributed by atoms with Crippen LogP contribution in [-0.4, -0.2) is 31.8 Å². The second-order valence-electron chi connectivity index (χ2n) is 9.83. The number of hydrogen-bond acceptors (Lipinski definition) is 6. The van der Waals surface area contributed by atoms with Crippen molar-refractivity contribution in [3.8, 4) is 28.5 Å². The Bertz CT molecular complexity index is 1220. The van der Waals surface area contributed by atoms with Gasteiger partial charge in [-0.1, -0.05) is 26.0 Å². The van der Waals surface area contributed by atoms with E-state index in [-0.39, 0.29) is 24.4 Å². The van der Waals surface area contributed by atoms with Crippen LogP contribution in [-0.2, 0) is 16.1 Å². The molecule has 0 amide bonds. The molecule has 1 aliphatic carbocycles. The number of hydrogen-bond donors (Lipinski definition) is 0. The first kappa shape index (κ1) is 26.5. The Morgan fingerprint density at radius 1 is 1.05 bits per heavy atom. The first-order chi connectivity index (χ1) is 17.9. The summed E-state index contributed by atoms with van der Waals surface area (Å²) in [6, 6.07) is 14.3. The fraction of sp³-hybridized carbons (Fsp3) is 0.400. The second kappa shape index (κ2) is 12.1. The van der Waals surface area contributed by atoms with Crippen molar-refractivity contribution in [3.63, 3.8) is 0 Å². The minimum atomic E-state index is -0.402. The van der Waals surface area contributed by atoms with E-state index in [0.717, 1.165) is 24.0 Å². The summed E-state index contributed by atoms with van der Waals surface area (Å²) in [4.78, 5) is 16.5. The van der Waals surface area contributed by atoms with Gasteiger partial charge in [-0.15, -0.1) is 0 Å². The molecule has 0 radical (unpaired) electrons. The molecule has 1 aromatic heterocycles. The summed E-state index contributed by atoms with van der Waals surface area (Å²) < 4.78 is 37.0. The third-order valence-corrected chi connectivity index (χ3v) is 6.41. The monoisotopic (exact) mass is 507 g/mol. The summed E-state index contributed by atoms with van der Waals surface area (Å²) in [5, 5.41) is 0. The molecule has 0 bridgehead atoms. The van der Waals surface area contributed by atoms with Gasteiger partial charge in [-0.25, -0.2) is 4.39 Å². The van der Waals surface area contributed by atoms with Gasteiger partial charge in [-0.05, 0) is 72.6 Å². The van der Waals surface area contributed by atoms with Crippen molar-refractivity contribution in [2.75, 3.05) is 20.8 Å². The Hall–Kier alpha value is -3.61. The summed E-state index contributed by atoms with van der Waals surface area (Å²) >= 11 is 0. The van der Waals surface area contributed by atoms with Gasteiger partial charge in [0.2, 0.25) is 0 Å². The Balaban J connectivity index is 1.54. The zero-order valence-corrected chi connectivity index (χ0v) is 21.8. The minimum Gasteiger partial charge on any atom is -0.497 e. The molecule has 1 aliphatic rings. The molecule has 7 heteroatoms. The third-order valence-electron chi connectivity index (χ3n) is 6.41. The van der Waals surface area contributed by atoms with Crippen LogP contribution in [0.2, 0.25) is 0 Å². The molecule has 1 atom stereocenters. The van der Waals surface area contributed by atoms with Crippen molar-refractivity contribution in [1.82, 2.24) is 4.98 Å². The van der Waals surface area contributed by atoms with E-state index in [1.807, 2.05) is 44.2 Å². The average Bonchev–Trinajstić information content (AvgIpc) is 3.75. The SMILES string of the molecule is COC(=O)CC(c1cccc(OCc2cnc(-c3cc(OC)ccc3F)c(OCC(C)C)c2)c1)C1CC1. The van der Waals surface area contributed by atoms with Crippen LogP contribution in [0.5, 0.6) is 17.2 Å². The number of carbonyl (C=O) groups excluding carboxylic acids is 1. The molecule has 6 nitrogen and oxygen atoms in total. The van der Waals surface area contributed by atoms with Crippen molar-refractivity contribution in [1.29, 1.82) is 0 Å². The highest BCUT2D eigenvalue weighted by Crippen LogP contribution is 2.45. The number of ether oxygens (including phenoxy) is 4. The lowest BCUT2D eigenvalue weighted by molar-refractivity contribution is -0.141. The first-order valence-corrected chi connectivity index (χ1v) is 12.6. The Kier molecular flexibility index (Phi) is 8.64. The summed E-state index contributed by atoms with van der Waals surface area (Å²) in [6.45, 7) is 4.83. The standard InChI is InChI=1S/C30H34FNO5/c1-19(2)17-37-28-12-20(16-32-30(28)26-14-23(34-3)10-11-27(26)31)18-36-24-7-5-6-22(13-24)25(21-8-9-21)15-29(33)35-4/h5-7,10-14,16,19,21,25H,8-9,15,17-18H2,1-4H3. The lowest BCUT2D eigenvalue weighted by Crippen LogP contribution is -2.10. The molecule has 37 heavy (non-hydrogen) atoms. The van der Waals surface area contributed by atoms with Crippen molar-refractivity contribution in [3.05, 3.63) is 71.7 Å². The Morgan fingerprint density at radius 3 is 2.57 bits per heavy atom. The number of methoxy groups -OCH3 is 2. The topological polar surface area (TPSA) is 66.9 Å². The van der Waals surface area contributed by atoms with Gasteiger partial charge in [0.15, 0.2) is 0 Å². The second-order valence-corrected chi connectivity index (χ2v) is 9.83. The van der Waals surface area contributed by atoms with Gasteiger partial charge < -0.3 is 18.9 Å². The fourth-order valence-corrected chi connectivity index (χ4v) is 4.27. The molecule has 1 unspecified atom stereocenters. The quantitative estimate of drug-likeness (QED) is 0.259. The lowest BCUT2D eigenvalue weighted by Gasteiger charge is -2.17. The molecule has 0 aliphatic heterocycles. The molecule has 1 heterocycles. The molecule has 0 spiro atoms. The van der Waals surface area contributed by atoms with Crippen LogP contribution >= 0.6 is 0 Å². The molecule has 4 rings (SSSR count). The van der Waals surface area contributed by atoms with Crippen molar-refractivity contribution in [2.45, 2.75) is 45.6 Å². The predicted molar refractivity (Wildman–Crippen MR) is 139 cm³/mol. The normalized spacial score (nSPS) is 13.8. The van der Waals surface area contributed by atoms with Gasteiger partial charge in [-0.2, -0.15) is 0 Å². The van der Waals surface area contributed by atoms with E-state index in [1.165, 1.54) is 13.2 Å². The highest BCUT2D eigenvalue weighted by molar-refractivity contribution is 5.70. The van der Waals surface area contributed by atoms with Crippen LogP contribution in [0.25, 0.3) is 11.3 Å². The predicted octanol–water partition coefficient (Wildman–Crippen LogP) is 6.57. The maximum atomic E-state index is 14.7. The van der Waals surface area contributed by atoms with Crippen LogP contribution in [0.15, 0.2) is 54.7 Å². The van der Waals surface area contributed by atoms with Gasteiger partial charge in [0.1, 0.15) is 35.4 Å². The summed E-state index contributed by atoms with van der Waals surface area (Å²) in [5.74, 6) is 2.06. The van der Waals surface area contributed by atoms with E-state index in [9.17, 15) is 9.18 Å². The molecular formula is C30H34FNO5. The molecule has 196 valence electrons. The number of rotatable bonds is 12. The molecule has 1 saturated carbocycles. The van der Waals surface area contributed by atoms with Crippen LogP contribution in [0.1, 0.15) is 50.2 Å². The summed E-state index contributed by atoms with van der Waals surface area (Å²) in [5.41, 5.74) is 2.60. The van der Waals surface area contributed by atoms with E-state index in [1.54, 1.807) is 25.4 Å². The van der Waals surface area contributed by atoms with E-state index in [4.69, 9.17) is 18.9 Å². The van der Waals surface area contributed by atoms with Gasteiger partial charge in [0.25, 0.3) is 0 Å². The van der Waals surface area contributed by atoms with Gasteiger partial charge in [0, 0.05) is 17.3 Å². The highest BCUT2D eigenvalue weighted by Gasteiger charge is 2.34. The number of aromatic nitrogens is 1. The maximum Gasteiger partial charge on any atom is 0.306 e. The average molecular weight is 508 g/mol. The number of pyridine rings is 1. The van der Waals surface area contributed by atoms with E-state index in [0.29, 0.717) is 47.5 Å². The number of benzene rings is 2. The van der Waals surface area contributed by atoms with Crippen molar-refractivity contribution < 1.29 is 28.1 Å². The smallest absolute Gasteiger partial charge is 0.306 e. The lowest BCUT2D eigenvalue weighted by atomic mass is 9.91. The zero-order valence-electron chi connectivity index (χ0n) is 21.8. The molecule has 2 aromatic carbocycles.